The summed E-state index contributed by atoms with van der Waals surface area (Å²) in [5, 5.41) is 16.4. The van der Waals surface area contributed by atoms with Gasteiger partial charge in [0.05, 0.1) is 5.56 Å². The van der Waals surface area contributed by atoms with E-state index in [2.05, 4.69) is 21.7 Å². The highest BCUT2D eigenvalue weighted by Gasteiger charge is 2.10. The van der Waals surface area contributed by atoms with Crippen LogP contribution in [0.2, 0.25) is 5.15 Å². The minimum atomic E-state index is -1.02. The van der Waals surface area contributed by atoms with Crippen LogP contribution in [0.4, 0.5) is 5.82 Å². The molecule has 2 heterocycles. The van der Waals surface area contributed by atoms with E-state index in [-0.39, 0.29) is 16.8 Å². The van der Waals surface area contributed by atoms with Crippen LogP contribution in [0, 0.1) is 0 Å². The Balaban J connectivity index is 2.08. The second kappa shape index (κ2) is 6.04. The molecule has 4 nitrogen and oxygen atoms in total. The summed E-state index contributed by atoms with van der Waals surface area (Å²) in [6.07, 6.45) is 0.847. The number of rotatable bonds is 5. The van der Waals surface area contributed by atoms with Crippen LogP contribution in [-0.2, 0) is 6.42 Å². The molecule has 1 atom stereocenters. The average Bonchev–Trinajstić information content (AvgIpc) is 2.80. The summed E-state index contributed by atoms with van der Waals surface area (Å²) < 4.78 is 0. The van der Waals surface area contributed by atoms with E-state index in [4.69, 9.17) is 16.7 Å². The molecule has 100 valence electrons. The maximum absolute atomic E-state index is 10.9. The Kier molecular flexibility index (Phi) is 4.39. The van der Waals surface area contributed by atoms with Gasteiger partial charge in [-0.3, -0.25) is 0 Å². The molecule has 0 amide bonds. The third-order valence-corrected chi connectivity index (χ3v) is 3.48. The Bertz CT molecular complexity index is 572. The van der Waals surface area contributed by atoms with Crippen molar-refractivity contribution in [2.45, 2.75) is 19.4 Å². The van der Waals surface area contributed by atoms with E-state index in [9.17, 15) is 4.79 Å². The lowest BCUT2D eigenvalue weighted by Crippen LogP contribution is -2.19. The molecule has 0 bridgehead atoms. The first kappa shape index (κ1) is 13.8. The van der Waals surface area contributed by atoms with Crippen LogP contribution in [0.25, 0.3) is 0 Å². The largest absolute Gasteiger partial charge is 0.478 e. The van der Waals surface area contributed by atoms with Gasteiger partial charge in [-0.2, -0.15) is 11.3 Å². The molecule has 0 radical (unpaired) electrons. The topological polar surface area (TPSA) is 62.2 Å². The second-order valence-corrected chi connectivity index (χ2v) is 5.42. The van der Waals surface area contributed by atoms with Crippen LogP contribution in [0.1, 0.15) is 22.8 Å². The first-order valence-corrected chi connectivity index (χ1v) is 7.05. The summed E-state index contributed by atoms with van der Waals surface area (Å²) in [6.45, 7) is 2.01. The van der Waals surface area contributed by atoms with Crippen molar-refractivity contribution in [3.8, 4) is 0 Å². The van der Waals surface area contributed by atoms with E-state index in [0.717, 1.165) is 6.42 Å². The second-order valence-electron chi connectivity index (χ2n) is 4.25. The number of carboxylic acids is 1. The molecule has 0 aromatic carbocycles. The molecule has 2 aromatic heterocycles. The summed E-state index contributed by atoms with van der Waals surface area (Å²) in [6, 6.07) is 5.02. The predicted octanol–water partition coefficient (Wildman–Crippen LogP) is 3.54. The van der Waals surface area contributed by atoms with Gasteiger partial charge in [-0.05, 0) is 47.9 Å². The van der Waals surface area contributed by atoms with Crippen LogP contribution in [0.3, 0.4) is 0 Å². The lowest BCUT2D eigenvalue weighted by atomic mass is 10.1. The van der Waals surface area contributed by atoms with Gasteiger partial charge in [0.15, 0.2) is 0 Å². The minimum Gasteiger partial charge on any atom is -0.478 e. The molecular weight excluding hydrogens is 284 g/mol. The van der Waals surface area contributed by atoms with Crippen molar-refractivity contribution >= 4 is 34.7 Å². The van der Waals surface area contributed by atoms with Gasteiger partial charge in [0, 0.05) is 6.04 Å². The maximum Gasteiger partial charge on any atom is 0.335 e. The van der Waals surface area contributed by atoms with Crippen molar-refractivity contribution in [1.82, 2.24) is 4.98 Å². The first-order chi connectivity index (χ1) is 9.04. The first-order valence-electron chi connectivity index (χ1n) is 5.73. The van der Waals surface area contributed by atoms with Gasteiger partial charge in [0.2, 0.25) is 0 Å². The molecule has 0 aliphatic heterocycles. The van der Waals surface area contributed by atoms with Gasteiger partial charge in [0.1, 0.15) is 11.0 Å². The van der Waals surface area contributed by atoms with Crippen LogP contribution in [-0.4, -0.2) is 22.1 Å². The summed E-state index contributed by atoms with van der Waals surface area (Å²) in [7, 11) is 0. The fourth-order valence-corrected chi connectivity index (χ4v) is 2.65. The summed E-state index contributed by atoms with van der Waals surface area (Å²) in [5.74, 6) is -0.537. The molecule has 1 unspecified atom stereocenters. The number of halogens is 1. The number of carboxylic acid groups (broad SMARTS) is 1. The number of nitrogens with one attached hydrogen (secondary N) is 1. The van der Waals surface area contributed by atoms with E-state index in [1.807, 2.05) is 12.3 Å². The molecule has 0 spiro atoms. The van der Waals surface area contributed by atoms with Crippen molar-refractivity contribution < 1.29 is 9.90 Å². The van der Waals surface area contributed by atoms with Crippen molar-refractivity contribution in [3.05, 3.63) is 45.2 Å². The standard InChI is InChI=1S/C13H13ClN2O2S/c1-8(4-9-2-3-19-7-9)15-12-6-10(13(17)18)5-11(14)16-12/h2-3,5-8H,4H2,1H3,(H,15,16)(H,17,18). The van der Waals surface area contributed by atoms with Crippen molar-refractivity contribution in [1.29, 1.82) is 0 Å². The molecule has 0 fully saturated rings. The Hall–Kier alpha value is -1.59. The highest BCUT2D eigenvalue weighted by atomic mass is 35.5. The third-order valence-electron chi connectivity index (χ3n) is 2.56. The SMILES string of the molecule is CC(Cc1ccsc1)Nc1cc(C(=O)O)cc(Cl)n1. The van der Waals surface area contributed by atoms with E-state index >= 15 is 0 Å². The number of hydrogen-bond acceptors (Lipinski definition) is 4. The van der Waals surface area contributed by atoms with Crippen LogP contribution in [0.5, 0.6) is 0 Å². The molecule has 6 heteroatoms. The molecule has 0 aliphatic rings. The third kappa shape index (κ3) is 3.94. The number of nitrogens with zero attached hydrogens (tertiary/aromatic N) is 1. The normalized spacial score (nSPS) is 12.1. The predicted molar refractivity (Wildman–Crippen MR) is 77.3 cm³/mol. The fourth-order valence-electron chi connectivity index (χ4n) is 1.76. The summed E-state index contributed by atoms with van der Waals surface area (Å²) >= 11 is 7.46. The summed E-state index contributed by atoms with van der Waals surface area (Å²) in [5.41, 5.74) is 1.37. The van der Waals surface area contributed by atoms with Crippen LogP contribution >= 0.6 is 22.9 Å². The number of pyridine rings is 1. The van der Waals surface area contributed by atoms with Gasteiger partial charge in [-0.1, -0.05) is 11.6 Å². The highest BCUT2D eigenvalue weighted by molar-refractivity contribution is 7.07. The maximum atomic E-state index is 10.9. The molecular formula is C13H13ClN2O2S. The number of hydrogen-bond donors (Lipinski definition) is 2. The van der Waals surface area contributed by atoms with E-state index < -0.39 is 5.97 Å². The molecule has 19 heavy (non-hydrogen) atoms. The van der Waals surface area contributed by atoms with Crippen molar-refractivity contribution in [2.75, 3.05) is 5.32 Å². The number of carbonyl (C=O) groups is 1. The monoisotopic (exact) mass is 296 g/mol. The minimum absolute atomic E-state index is 0.130. The van der Waals surface area contributed by atoms with E-state index in [1.54, 1.807) is 11.3 Å². The van der Waals surface area contributed by atoms with Crippen LogP contribution < -0.4 is 5.32 Å². The summed E-state index contributed by atoms with van der Waals surface area (Å²) in [4.78, 5) is 15.0. The quantitative estimate of drug-likeness (QED) is 0.829. The lowest BCUT2D eigenvalue weighted by molar-refractivity contribution is 0.0697. The molecule has 0 saturated heterocycles. The number of aromatic carboxylic acids is 1. The van der Waals surface area contributed by atoms with E-state index in [0.29, 0.717) is 5.82 Å². The zero-order valence-electron chi connectivity index (χ0n) is 10.3. The van der Waals surface area contributed by atoms with Gasteiger partial charge >= 0.3 is 5.97 Å². The van der Waals surface area contributed by atoms with Crippen molar-refractivity contribution in [3.63, 3.8) is 0 Å². The fraction of sp³-hybridized carbons (Fsp3) is 0.231. The zero-order chi connectivity index (χ0) is 13.8. The number of aromatic nitrogens is 1. The smallest absolute Gasteiger partial charge is 0.335 e. The molecule has 2 rings (SSSR count). The number of anilines is 1. The van der Waals surface area contributed by atoms with Gasteiger partial charge in [-0.15, -0.1) is 0 Å². The van der Waals surface area contributed by atoms with Gasteiger partial charge in [-0.25, -0.2) is 9.78 Å². The molecule has 2 aromatic rings. The zero-order valence-corrected chi connectivity index (χ0v) is 11.8. The molecule has 2 N–H and O–H groups in total. The molecule has 0 aliphatic carbocycles. The lowest BCUT2D eigenvalue weighted by Gasteiger charge is -2.14. The Labute approximate surface area is 120 Å². The average molecular weight is 297 g/mol. The number of thiophene rings is 1. The van der Waals surface area contributed by atoms with Gasteiger partial charge in [0.25, 0.3) is 0 Å². The Morgan fingerprint density at radius 2 is 2.37 bits per heavy atom. The Morgan fingerprint density at radius 3 is 3.00 bits per heavy atom. The van der Waals surface area contributed by atoms with Crippen molar-refractivity contribution in [2.24, 2.45) is 0 Å². The molecule has 0 saturated carbocycles. The van der Waals surface area contributed by atoms with Gasteiger partial charge < -0.3 is 10.4 Å². The van der Waals surface area contributed by atoms with E-state index in [1.165, 1.54) is 17.7 Å². The highest BCUT2D eigenvalue weighted by Crippen LogP contribution is 2.17. The van der Waals surface area contributed by atoms with Crippen LogP contribution in [0.15, 0.2) is 29.0 Å². The Morgan fingerprint density at radius 1 is 1.58 bits per heavy atom.